The number of rotatable bonds is 4. The molecule has 1 fully saturated rings. The lowest BCUT2D eigenvalue weighted by Crippen LogP contribution is -2.55. The van der Waals surface area contributed by atoms with Gasteiger partial charge in [-0.2, -0.15) is 0 Å². The van der Waals surface area contributed by atoms with Crippen molar-refractivity contribution in [1.82, 2.24) is 10.2 Å². The maximum absolute atomic E-state index is 6.05. The maximum atomic E-state index is 6.05. The second-order valence-corrected chi connectivity index (χ2v) is 6.51. The second-order valence-electron chi connectivity index (χ2n) is 5.25. The molecule has 19 heavy (non-hydrogen) atoms. The number of nitrogens with one attached hydrogen (secondary N) is 1. The van der Waals surface area contributed by atoms with Crippen LogP contribution in [0.1, 0.15) is 32.3 Å². The first-order valence-corrected chi connectivity index (χ1v) is 8.22. The van der Waals surface area contributed by atoms with Gasteiger partial charge < -0.3 is 5.32 Å². The molecule has 1 aliphatic heterocycles. The summed E-state index contributed by atoms with van der Waals surface area (Å²) in [6.45, 7) is 7.76. The van der Waals surface area contributed by atoms with E-state index in [9.17, 15) is 0 Å². The molecule has 0 amide bonds. The van der Waals surface area contributed by atoms with E-state index in [0.717, 1.165) is 29.1 Å². The Balaban J connectivity index is 2.07. The molecule has 0 aliphatic carbocycles. The van der Waals surface area contributed by atoms with E-state index in [4.69, 9.17) is 11.6 Å². The molecule has 1 aromatic carbocycles. The first kappa shape index (κ1) is 15.3. The molecule has 1 aromatic rings. The van der Waals surface area contributed by atoms with Crippen molar-refractivity contribution in [3.8, 4) is 0 Å². The van der Waals surface area contributed by atoms with Gasteiger partial charge in [0.25, 0.3) is 0 Å². The number of halogens is 2. The molecular weight excluding hydrogens is 324 g/mol. The third-order valence-corrected chi connectivity index (χ3v) is 5.16. The third kappa shape index (κ3) is 3.94. The topological polar surface area (TPSA) is 15.3 Å². The minimum Gasteiger partial charge on any atom is -0.311 e. The minimum atomic E-state index is 0.624. The Morgan fingerprint density at radius 2 is 2.16 bits per heavy atom. The highest BCUT2D eigenvalue weighted by atomic mass is 79.9. The highest BCUT2D eigenvalue weighted by Gasteiger charge is 2.25. The van der Waals surface area contributed by atoms with Crippen LogP contribution in [0.25, 0.3) is 0 Å². The van der Waals surface area contributed by atoms with Crippen molar-refractivity contribution >= 4 is 27.5 Å². The van der Waals surface area contributed by atoms with Gasteiger partial charge >= 0.3 is 0 Å². The molecule has 1 aliphatic rings. The van der Waals surface area contributed by atoms with Crippen molar-refractivity contribution in [2.24, 2.45) is 0 Å². The van der Waals surface area contributed by atoms with Crippen LogP contribution in [0.4, 0.5) is 0 Å². The van der Waals surface area contributed by atoms with E-state index in [1.807, 2.05) is 6.07 Å². The van der Waals surface area contributed by atoms with E-state index in [-0.39, 0.29) is 0 Å². The van der Waals surface area contributed by atoms with Gasteiger partial charge in [0.05, 0.1) is 5.02 Å². The summed E-state index contributed by atoms with van der Waals surface area (Å²) >= 11 is 9.56. The number of benzene rings is 1. The van der Waals surface area contributed by atoms with E-state index in [0.29, 0.717) is 12.1 Å². The van der Waals surface area contributed by atoms with Crippen LogP contribution in [-0.4, -0.2) is 30.1 Å². The molecule has 2 atom stereocenters. The molecule has 0 bridgehead atoms. The van der Waals surface area contributed by atoms with Crippen LogP contribution < -0.4 is 5.32 Å². The fraction of sp³-hybridized carbons (Fsp3) is 0.600. The molecule has 0 spiro atoms. The van der Waals surface area contributed by atoms with Crippen LogP contribution in [0, 0.1) is 0 Å². The van der Waals surface area contributed by atoms with E-state index in [1.165, 1.54) is 18.4 Å². The normalized spacial score (nSPS) is 24.6. The van der Waals surface area contributed by atoms with Gasteiger partial charge in [-0.05, 0) is 46.5 Å². The number of hydrogen-bond donors (Lipinski definition) is 1. The molecule has 0 radical (unpaired) electrons. The van der Waals surface area contributed by atoms with Crippen LogP contribution >= 0.6 is 27.5 Å². The summed E-state index contributed by atoms with van der Waals surface area (Å²) in [4.78, 5) is 2.60. The Labute approximate surface area is 129 Å². The predicted molar refractivity (Wildman–Crippen MR) is 85.7 cm³/mol. The molecule has 1 N–H and O–H groups in total. The van der Waals surface area contributed by atoms with E-state index in [2.05, 4.69) is 52.1 Å². The highest BCUT2D eigenvalue weighted by molar-refractivity contribution is 9.10. The van der Waals surface area contributed by atoms with E-state index < -0.39 is 0 Å². The van der Waals surface area contributed by atoms with Gasteiger partial charge in [0.1, 0.15) is 0 Å². The molecule has 2 rings (SSSR count). The van der Waals surface area contributed by atoms with Crippen molar-refractivity contribution in [3.05, 3.63) is 33.3 Å². The quantitative estimate of drug-likeness (QED) is 0.885. The Morgan fingerprint density at radius 3 is 2.79 bits per heavy atom. The zero-order chi connectivity index (χ0) is 13.8. The Morgan fingerprint density at radius 1 is 1.37 bits per heavy atom. The molecule has 0 aromatic heterocycles. The van der Waals surface area contributed by atoms with Gasteiger partial charge in [-0.1, -0.05) is 31.5 Å². The molecule has 4 heteroatoms. The summed E-state index contributed by atoms with van der Waals surface area (Å²) in [5.41, 5.74) is 1.33. The summed E-state index contributed by atoms with van der Waals surface area (Å²) in [6, 6.07) is 7.50. The molecular formula is C15H22BrClN2. The van der Waals surface area contributed by atoms with Crippen molar-refractivity contribution in [3.63, 3.8) is 0 Å². The average molecular weight is 346 g/mol. The first-order chi connectivity index (χ1) is 9.13. The fourth-order valence-corrected chi connectivity index (χ4v) is 3.21. The van der Waals surface area contributed by atoms with E-state index in [1.54, 1.807) is 0 Å². The zero-order valence-electron chi connectivity index (χ0n) is 11.6. The van der Waals surface area contributed by atoms with Gasteiger partial charge in [0.15, 0.2) is 0 Å². The monoisotopic (exact) mass is 344 g/mol. The van der Waals surface area contributed by atoms with Crippen molar-refractivity contribution in [2.75, 3.05) is 13.1 Å². The zero-order valence-corrected chi connectivity index (χ0v) is 14.0. The fourth-order valence-electron chi connectivity index (χ4n) is 2.67. The predicted octanol–water partition coefficient (Wildman–Crippen LogP) is 4.06. The lowest BCUT2D eigenvalue weighted by atomic mass is 10.0. The van der Waals surface area contributed by atoms with Crippen LogP contribution in [-0.2, 0) is 6.54 Å². The Bertz CT molecular complexity index is 425. The first-order valence-electron chi connectivity index (χ1n) is 7.05. The minimum absolute atomic E-state index is 0.624. The van der Waals surface area contributed by atoms with Crippen molar-refractivity contribution in [1.29, 1.82) is 0 Å². The van der Waals surface area contributed by atoms with Crippen LogP contribution in [0.5, 0.6) is 0 Å². The highest BCUT2D eigenvalue weighted by Crippen LogP contribution is 2.25. The van der Waals surface area contributed by atoms with Gasteiger partial charge in [0, 0.05) is 36.2 Å². The largest absolute Gasteiger partial charge is 0.311 e. The SMILES string of the molecule is CCC1CN(Cc2ccc(Cl)c(Br)c2)C(CC)CN1. The molecule has 2 unspecified atom stereocenters. The Hall–Kier alpha value is -0.0900. The van der Waals surface area contributed by atoms with E-state index >= 15 is 0 Å². The van der Waals surface area contributed by atoms with Crippen LogP contribution in [0.3, 0.4) is 0 Å². The van der Waals surface area contributed by atoms with Gasteiger partial charge in [-0.25, -0.2) is 0 Å². The Kier molecular flexibility index (Phi) is 5.70. The van der Waals surface area contributed by atoms with Crippen LogP contribution in [0.2, 0.25) is 5.02 Å². The lowest BCUT2D eigenvalue weighted by Gasteiger charge is -2.40. The van der Waals surface area contributed by atoms with Gasteiger partial charge in [-0.3, -0.25) is 4.90 Å². The summed E-state index contributed by atoms with van der Waals surface area (Å²) in [5.74, 6) is 0. The second kappa shape index (κ2) is 7.07. The van der Waals surface area contributed by atoms with Gasteiger partial charge in [-0.15, -0.1) is 0 Å². The molecule has 106 valence electrons. The van der Waals surface area contributed by atoms with Crippen LogP contribution in [0.15, 0.2) is 22.7 Å². The van der Waals surface area contributed by atoms with Crippen molar-refractivity contribution < 1.29 is 0 Å². The number of piperazine rings is 1. The summed E-state index contributed by atoms with van der Waals surface area (Å²) < 4.78 is 0.988. The molecule has 0 saturated carbocycles. The summed E-state index contributed by atoms with van der Waals surface area (Å²) in [6.07, 6.45) is 2.38. The molecule has 2 nitrogen and oxygen atoms in total. The molecule has 1 saturated heterocycles. The molecule has 1 heterocycles. The van der Waals surface area contributed by atoms with Crippen molar-refractivity contribution in [2.45, 2.75) is 45.3 Å². The average Bonchev–Trinajstić information content (AvgIpc) is 2.43. The summed E-state index contributed by atoms with van der Waals surface area (Å²) in [5, 5.41) is 4.41. The van der Waals surface area contributed by atoms with Gasteiger partial charge in [0.2, 0.25) is 0 Å². The smallest absolute Gasteiger partial charge is 0.0548 e. The maximum Gasteiger partial charge on any atom is 0.0548 e. The third-order valence-electron chi connectivity index (χ3n) is 3.95. The summed E-state index contributed by atoms with van der Waals surface area (Å²) in [7, 11) is 0. The lowest BCUT2D eigenvalue weighted by molar-refractivity contribution is 0.117. The standard InChI is InChI=1S/C15H22BrClN2/c1-3-12-10-19(13(4-2)8-18-12)9-11-5-6-15(17)14(16)7-11/h5-7,12-13,18H,3-4,8-10H2,1-2H3. The number of hydrogen-bond acceptors (Lipinski definition) is 2. The number of nitrogens with zero attached hydrogens (tertiary/aromatic N) is 1.